The highest BCUT2D eigenvalue weighted by molar-refractivity contribution is 5.56. The van der Waals surface area contributed by atoms with Crippen molar-refractivity contribution in [2.45, 2.75) is 31.0 Å². The molecule has 2 aromatic rings. The second-order valence-corrected chi connectivity index (χ2v) is 5.81. The molecule has 1 aliphatic carbocycles. The number of nitrogens with zero attached hydrogens (tertiary/aromatic N) is 2. The summed E-state index contributed by atoms with van der Waals surface area (Å²) in [4.78, 5) is 2.75. The Morgan fingerprint density at radius 2 is 1.88 bits per heavy atom. The van der Waals surface area contributed by atoms with Crippen molar-refractivity contribution >= 4 is 5.69 Å². The normalized spacial score (nSPS) is 19.1. The molecule has 1 aliphatic rings. The van der Waals surface area contributed by atoms with E-state index < -0.39 is 59.5 Å². The highest BCUT2D eigenvalue weighted by Gasteiger charge is 2.50. The molecule has 0 fully saturated rings. The molecule has 26 heavy (non-hydrogen) atoms. The smallest absolute Gasteiger partial charge is 0.382 e. The van der Waals surface area contributed by atoms with E-state index in [4.69, 9.17) is 6.57 Å². The molecule has 0 spiro atoms. The minimum atomic E-state index is -5.05. The van der Waals surface area contributed by atoms with Gasteiger partial charge >= 0.3 is 6.18 Å². The first-order valence-electron chi connectivity index (χ1n) is 7.21. The van der Waals surface area contributed by atoms with Crippen molar-refractivity contribution in [3.05, 3.63) is 58.2 Å². The maximum atomic E-state index is 13.7. The lowest BCUT2D eigenvalue weighted by molar-refractivity contribution is -0.147. The van der Waals surface area contributed by atoms with Gasteiger partial charge in [-0.1, -0.05) is 0 Å². The Hall–Kier alpha value is -2.54. The van der Waals surface area contributed by atoms with Gasteiger partial charge in [0.15, 0.2) is 5.82 Å². The van der Waals surface area contributed by atoms with E-state index in [0.29, 0.717) is 12.3 Å². The molecule has 0 radical (unpaired) electrons. The zero-order valence-electron chi connectivity index (χ0n) is 12.7. The number of aliphatic hydroxyl groups excluding tert-OH is 1. The van der Waals surface area contributed by atoms with E-state index in [-0.39, 0.29) is 11.4 Å². The van der Waals surface area contributed by atoms with Crippen LogP contribution in [-0.2, 0) is 12.6 Å². The van der Waals surface area contributed by atoms with Crippen LogP contribution in [0.5, 0.6) is 0 Å². The molecule has 1 heterocycles. The number of benzene rings is 1. The fraction of sp³-hybridized carbons (Fsp3) is 0.312. The molecule has 1 aromatic carbocycles. The summed E-state index contributed by atoms with van der Waals surface area (Å²) in [7, 11) is 0. The van der Waals surface area contributed by atoms with E-state index >= 15 is 0 Å². The zero-order chi connectivity index (χ0) is 19.4. The van der Waals surface area contributed by atoms with E-state index in [1.807, 2.05) is 0 Å². The van der Waals surface area contributed by atoms with Gasteiger partial charge in [0.05, 0.1) is 12.1 Å². The second kappa shape index (κ2) is 5.74. The van der Waals surface area contributed by atoms with Crippen molar-refractivity contribution in [3.8, 4) is 5.69 Å². The maximum absolute atomic E-state index is 13.7. The van der Waals surface area contributed by atoms with Crippen molar-refractivity contribution < 1.29 is 35.8 Å². The molecule has 10 heteroatoms. The molecule has 0 bridgehead atoms. The van der Waals surface area contributed by atoms with Crippen LogP contribution in [-0.4, -0.2) is 15.6 Å². The second-order valence-electron chi connectivity index (χ2n) is 5.81. The molecule has 0 aliphatic heterocycles. The number of aromatic nitrogens is 1. The number of aliphatic hydroxyl groups is 1. The minimum Gasteiger partial charge on any atom is -0.382 e. The van der Waals surface area contributed by atoms with E-state index in [9.17, 15) is 35.8 Å². The first-order chi connectivity index (χ1) is 12.0. The number of hydrogen-bond acceptors (Lipinski definition) is 1. The summed E-state index contributed by atoms with van der Waals surface area (Å²) in [6, 6.07) is 1.37. The van der Waals surface area contributed by atoms with Gasteiger partial charge in [0.1, 0.15) is 11.9 Å². The quantitative estimate of drug-likeness (QED) is 0.553. The fourth-order valence-electron chi connectivity index (χ4n) is 2.99. The summed E-state index contributed by atoms with van der Waals surface area (Å²) in [6.07, 6.45) is -8.74. The molecule has 138 valence electrons. The molecule has 3 rings (SSSR count). The first-order valence-corrected chi connectivity index (χ1v) is 7.21. The number of halogens is 7. The van der Waals surface area contributed by atoms with Crippen LogP contribution in [0.25, 0.3) is 10.5 Å². The van der Waals surface area contributed by atoms with Crippen LogP contribution in [0, 0.1) is 18.2 Å². The first kappa shape index (κ1) is 18.3. The summed E-state index contributed by atoms with van der Waals surface area (Å²) >= 11 is 0. The number of hydrogen-bond donors (Lipinski definition) is 1. The van der Waals surface area contributed by atoms with Crippen LogP contribution in [0.4, 0.5) is 36.4 Å². The van der Waals surface area contributed by atoms with Crippen LogP contribution in [0.3, 0.4) is 0 Å². The van der Waals surface area contributed by atoms with Crippen molar-refractivity contribution in [2.24, 2.45) is 0 Å². The average Bonchev–Trinajstić information content (AvgIpc) is 2.94. The predicted molar refractivity (Wildman–Crippen MR) is 75.2 cm³/mol. The SMILES string of the molecule is [C-]#[N+]c1cc(-n2cc(C(F)(F)F)c3c2CCC(F)(F)C3O)cc(F)c1F. The van der Waals surface area contributed by atoms with Crippen LogP contribution >= 0.6 is 0 Å². The lowest BCUT2D eigenvalue weighted by Crippen LogP contribution is -2.33. The van der Waals surface area contributed by atoms with Crippen molar-refractivity contribution in [1.82, 2.24) is 4.57 Å². The van der Waals surface area contributed by atoms with Crippen molar-refractivity contribution in [1.29, 1.82) is 0 Å². The molecule has 0 amide bonds. The van der Waals surface area contributed by atoms with E-state index in [1.165, 1.54) is 0 Å². The third-order valence-electron chi connectivity index (χ3n) is 4.22. The highest BCUT2D eigenvalue weighted by Crippen LogP contribution is 2.48. The summed E-state index contributed by atoms with van der Waals surface area (Å²) in [5.74, 6) is -6.69. The van der Waals surface area contributed by atoms with Gasteiger partial charge in [-0.05, 0) is 18.6 Å². The van der Waals surface area contributed by atoms with E-state index in [0.717, 1.165) is 10.6 Å². The van der Waals surface area contributed by atoms with Gasteiger partial charge in [-0.2, -0.15) is 13.2 Å². The topological polar surface area (TPSA) is 29.5 Å². The molecule has 0 saturated heterocycles. The summed E-state index contributed by atoms with van der Waals surface area (Å²) in [6.45, 7) is 6.81. The Morgan fingerprint density at radius 3 is 2.46 bits per heavy atom. The number of alkyl halides is 5. The Bertz CT molecular complexity index is 924. The van der Waals surface area contributed by atoms with E-state index in [2.05, 4.69) is 4.85 Å². The van der Waals surface area contributed by atoms with Crippen LogP contribution < -0.4 is 0 Å². The van der Waals surface area contributed by atoms with Crippen molar-refractivity contribution in [2.75, 3.05) is 0 Å². The average molecular weight is 378 g/mol. The Balaban J connectivity index is 2.29. The summed E-state index contributed by atoms with van der Waals surface area (Å²) in [5.41, 5.74) is -3.88. The van der Waals surface area contributed by atoms with Gasteiger partial charge in [-0.25, -0.2) is 22.4 Å². The van der Waals surface area contributed by atoms with Crippen LogP contribution in [0.2, 0.25) is 0 Å². The Morgan fingerprint density at radius 1 is 1.23 bits per heavy atom. The maximum Gasteiger partial charge on any atom is 0.418 e. The lowest BCUT2D eigenvalue weighted by atomic mass is 9.89. The fourth-order valence-corrected chi connectivity index (χ4v) is 2.99. The standard InChI is InChI=1S/C16H9F7N2O/c1-24-10-5-7(4-9(17)13(10)18)25-6-8(16(21,22)23)12-11(25)2-3-15(19,20)14(12)26/h4-6,14,26H,2-3H2. The lowest BCUT2D eigenvalue weighted by Gasteiger charge is -2.29. The molecule has 1 atom stereocenters. The molecule has 1 aromatic heterocycles. The van der Waals surface area contributed by atoms with Gasteiger partial charge in [-0.3, -0.25) is 0 Å². The number of fused-ring (bicyclic) bond motifs is 1. The Labute approximate surface area is 142 Å². The van der Waals surface area contributed by atoms with Crippen LogP contribution in [0.1, 0.15) is 29.3 Å². The largest absolute Gasteiger partial charge is 0.418 e. The monoisotopic (exact) mass is 378 g/mol. The molecular weight excluding hydrogens is 369 g/mol. The zero-order valence-corrected chi connectivity index (χ0v) is 12.7. The number of rotatable bonds is 1. The van der Waals surface area contributed by atoms with E-state index in [1.54, 1.807) is 0 Å². The van der Waals surface area contributed by atoms with Gasteiger partial charge in [0, 0.05) is 29.6 Å². The van der Waals surface area contributed by atoms with Gasteiger partial charge < -0.3 is 9.67 Å². The molecule has 1 unspecified atom stereocenters. The van der Waals surface area contributed by atoms with Gasteiger partial charge in [0.2, 0.25) is 5.69 Å². The summed E-state index contributed by atoms with van der Waals surface area (Å²) in [5, 5.41) is 9.75. The Kier molecular flexibility index (Phi) is 4.03. The minimum absolute atomic E-state index is 0.294. The molecule has 1 N–H and O–H groups in total. The third kappa shape index (κ3) is 2.72. The van der Waals surface area contributed by atoms with Gasteiger partial charge in [0.25, 0.3) is 5.92 Å². The third-order valence-corrected chi connectivity index (χ3v) is 4.22. The molecule has 0 saturated carbocycles. The molecule has 3 nitrogen and oxygen atoms in total. The van der Waals surface area contributed by atoms with Crippen molar-refractivity contribution in [3.63, 3.8) is 0 Å². The summed E-state index contributed by atoms with van der Waals surface area (Å²) < 4.78 is 95.1. The predicted octanol–water partition coefficient (Wildman–Crippen LogP) is 4.94. The van der Waals surface area contributed by atoms with Gasteiger partial charge in [-0.15, -0.1) is 0 Å². The highest BCUT2D eigenvalue weighted by atomic mass is 19.4. The molecular formula is C16H9F7N2O. The van der Waals surface area contributed by atoms with Crippen LogP contribution in [0.15, 0.2) is 18.3 Å².